The van der Waals surface area contributed by atoms with E-state index in [2.05, 4.69) is 38.8 Å². The number of hydrogen-bond donors (Lipinski definition) is 1. The fourth-order valence-corrected chi connectivity index (χ4v) is 3.23. The highest BCUT2D eigenvalue weighted by Crippen LogP contribution is 2.24. The Labute approximate surface area is 131 Å². The van der Waals surface area contributed by atoms with Crippen LogP contribution in [0.5, 0.6) is 0 Å². The summed E-state index contributed by atoms with van der Waals surface area (Å²) >= 11 is 5.25. The summed E-state index contributed by atoms with van der Waals surface area (Å²) in [5.74, 6) is 0.0749. The molecule has 1 aromatic heterocycles. The summed E-state index contributed by atoms with van der Waals surface area (Å²) in [6.07, 6.45) is 0. The lowest BCUT2D eigenvalue weighted by Gasteiger charge is -2.15. The largest absolute Gasteiger partial charge is 0.380 e. The van der Waals surface area contributed by atoms with Crippen molar-refractivity contribution in [3.8, 4) is 0 Å². The van der Waals surface area contributed by atoms with E-state index in [1.807, 2.05) is 25.2 Å². The van der Waals surface area contributed by atoms with E-state index < -0.39 is 0 Å². The van der Waals surface area contributed by atoms with Crippen LogP contribution >= 0.6 is 27.3 Å². The second-order valence-electron chi connectivity index (χ2n) is 4.62. The highest BCUT2D eigenvalue weighted by molar-refractivity contribution is 9.10. The van der Waals surface area contributed by atoms with Crippen LogP contribution in [0, 0.1) is 0 Å². The van der Waals surface area contributed by atoms with Crippen molar-refractivity contribution >= 4 is 38.9 Å². The highest BCUT2D eigenvalue weighted by Gasteiger charge is 2.05. The van der Waals surface area contributed by atoms with E-state index >= 15 is 0 Å². The predicted octanol–water partition coefficient (Wildman–Crippen LogP) is 4.10. The predicted molar refractivity (Wildman–Crippen MR) is 87.9 cm³/mol. The zero-order valence-corrected chi connectivity index (χ0v) is 13.9. The van der Waals surface area contributed by atoms with Gasteiger partial charge in [0.15, 0.2) is 0 Å². The van der Waals surface area contributed by atoms with Crippen LogP contribution in [0.4, 0.5) is 5.69 Å². The number of nitrogens with one attached hydrogen (secondary N) is 1. The lowest BCUT2D eigenvalue weighted by molar-refractivity contribution is -0.128. The van der Waals surface area contributed by atoms with Crippen molar-refractivity contribution in [2.24, 2.45) is 0 Å². The topological polar surface area (TPSA) is 32.3 Å². The molecule has 0 aliphatic rings. The monoisotopic (exact) mass is 352 g/mol. The molecule has 0 spiro atoms. The Bertz CT molecular complexity index is 597. The molecule has 1 amide bonds. The smallest absolute Gasteiger partial charge is 0.219 e. The van der Waals surface area contributed by atoms with Crippen molar-refractivity contribution in [2.75, 3.05) is 12.4 Å². The van der Waals surface area contributed by atoms with Gasteiger partial charge in [-0.2, -0.15) is 0 Å². The third kappa shape index (κ3) is 4.08. The number of amides is 1. The van der Waals surface area contributed by atoms with Crippen LogP contribution in [0.15, 0.2) is 40.2 Å². The van der Waals surface area contributed by atoms with Gasteiger partial charge in [0.25, 0.3) is 0 Å². The van der Waals surface area contributed by atoms with Crippen LogP contribution in [0.25, 0.3) is 0 Å². The number of nitrogens with zero attached hydrogens (tertiary/aromatic N) is 1. The summed E-state index contributed by atoms with van der Waals surface area (Å²) in [4.78, 5) is 14.2. The number of rotatable bonds is 5. The number of benzene rings is 1. The maximum Gasteiger partial charge on any atom is 0.219 e. The van der Waals surface area contributed by atoms with E-state index in [0.29, 0.717) is 6.54 Å². The molecule has 0 bridgehead atoms. The van der Waals surface area contributed by atoms with Gasteiger partial charge in [-0.3, -0.25) is 4.79 Å². The van der Waals surface area contributed by atoms with Gasteiger partial charge >= 0.3 is 0 Å². The molecule has 0 aliphatic carbocycles. The van der Waals surface area contributed by atoms with Crippen molar-refractivity contribution < 1.29 is 4.79 Å². The number of thiophene rings is 1. The van der Waals surface area contributed by atoms with Crippen LogP contribution < -0.4 is 5.32 Å². The normalized spacial score (nSPS) is 10.3. The molecule has 5 heteroatoms. The maximum atomic E-state index is 11.3. The molecule has 0 saturated carbocycles. The van der Waals surface area contributed by atoms with E-state index in [1.54, 1.807) is 23.2 Å². The van der Waals surface area contributed by atoms with Gasteiger partial charge < -0.3 is 10.2 Å². The summed E-state index contributed by atoms with van der Waals surface area (Å²) in [5, 5.41) is 5.48. The molecule has 2 rings (SSSR count). The van der Waals surface area contributed by atoms with Crippen molar-refractivity contribution in [3.05, 3.63) is 50.6 Å². The Morgan fingerprint density at radius 1 is 1.40 bits per heavy atom. The Morgan fingerprint density at radius 3 is 2.85 bits per heavy atom. The lowest BCUT2D eigenvalue weighted by atomic mass is 10.2. The molecule has 0 atom stereocenters. The first kappa shape index (κ1) is 15.1. The van der Waals surface area contributed by atoms with Crippen molar-refractivity contribution in [1.29, 1.82) is 0 Å². The third-order valence-corrected chi connectivity index (χ3v) is 4.95. The first-order valence-corrected chi connectivity index (χ1v) is 8.00. The van der Waals surface area contributed by atoms with Crippen LogP contribution in [0.1, 0.15) is 17.4 Å². The zero-order chi connectivity index (χ0) is 14.5. The second-order valence-corrected chi connectivity index (χ2v) is 6.48. The third-order valence-electron chi connectivity index (χ3n) is 3.03. The van der Waals surface area contributed by atoms with E-state index in [-0.39, 0.29) is 5.91 Å². The summed E-state index contributed by atoms with van der Waals surface area (Å²) < 4.78 is 1.14. The van der Waals surface area contributed by atoms with Gasteiger partial charge in [0.2, 0.25) is 5.91 Å². The zero-order valence-electron chi connectivity index (χ0n) is 11.5. The van der Waals surface area contributed by atoms with Gasteiger partial charge in [-0.25, -0.2) is 0 Å². The van der Waals surface area contributed by atoms with Gasteiger partial charge in [0.1, 0.15) is 0 Å². The number of halogens is 1. The van der Waals surface area contributed by atoms with Gasteiger partial charge in [-0.1, -0.05) is 12.1 Å². The highest BCUT2D eigenvalue weighted by atomic mass is 79.9. The molecule has 0 unspecified atom stereocenters. The Balaban J connectivity index is 1.99. The van der Waals surface area contributed by atoms with E-state index in [1.165, 1.54) is 4.88 Å². The first-order chi connectivity index (χ1) is 9.56. The minimum absolute atomic E-state index is 0.0749. The van der Waals surface area contributed by atoms with E-state index in [9.17, 15) is 4.79 Å². The summed E-state index contributed by atoms with van der Waals surface area (Å²) in [5.41, 5.74) is 2.19. The summed E-state index contributed by atoms with van der Waals surface area (Å²) in [6.45, 7) is 3.01. The molecular weight excluding hydrogens is 336 g/mol. The molecule has 3 nitrogen and oxygen atoms in total. The van der Waals surface area contributed by atoms with Gasteiger partial charge in [-0.05, 0) is 45.1 Å². The van der Waals surface area contributed by atoms with Crippen molar-refractivity contribution in [3.63, 3.8) is 0 Å². The minimum Gasteiger partial charge on any atom is -0.380 e. The van der Waals surface area contributed by atoms with E-state index in [0.717, 1.165) is 22.3 Å². The molecule has 2 aromatic rings. The van der Waals surface area contributed by atoms with Gasteiger partial charge in [0.05, 0.1) is 6.54 Å². The van der Waals surface area contributed by atoms with E-state index in [4.69, 9.17) is 0 Å². The molecule has 0 saturated heterocycles. The SMILES string of the molecule is CC(=O)N(C)Cc1cccc(NCc2sccc2Br)c1. The average Bonchev–Trinajstić information content (AvgIpc) is 2.82. The summed E-state index contributed by atoms with van der Waals surface area (Å²) in [6, 6.07) is 10.2. The number of carbonyl (C=O) groups is 1. The van der Waals surface area contributed by atoms with Crippen molar-refractivity contribution in [1.82, 2.24) is 4.90 Å². The standard InChI is InChI=1S/C15H17BrN2OS/c1-11(19)18(2)10-12-4-3-5-13(8-12)17-9-15-14(16)6-7-20-15/h3-8,17H,9-10H2,1-2H3. The number of anilines is 1. The molecule has 20 heavy (non-hydrogen) atoms. The lowest BCUT2D eigenvalue weighted by Crippen LogP contribution is -2.22. The van der Waals surface area contributed by atoms with Gasteiger partial charge in [0, 0.05) is 35.6 Å². The molecule has 0 radical (unpaired) electrons. The minimum atomic E-state index is 0.0749. The fraction of sp³-hybridized carbons (Fsp3) is 0.267. The number of hydrogen-bond acceptors (Lipinski definition) is 3. The Hall–Kier alpha value is -1.33. The van der Waals surface area contributed by atoms with Gasteiger partial charge in [-0.15, -0.1) is 11.3 Å². The molecule has 1 aromatic carbocycles. The Morgan fingerprint density at radius 2 is 2.20 bits per heavy atom. The molecular formula is C15H17BrN2OS. The van der Waals surface area contributed by atoms with Crippen LogP contribution in [0.2, 0.25) is 0 Å². The molecule has 1 N–H and O–H groups in total. The van der Waals surface area contributed by atoms with Crippen LogP contribution in [-0.4, -0.2) is 17.9 Å². The van der Waals surface area contributed by atoms with Crippen LogP contribution in [-0.2, 0) is 17.9 Å². The average molecular weight is 353 g/mol. The fourth-order valence-electron chi connectivity index (χ4n) is 1.80. The molecule has 1 heterocycles. The Kier molecular flexibility index (Phi) is 5.20. The van der Waals surface area contributed by atoms with Crippen LogP contribution in [0.3, 0.4) is 0 Å². The molecule has 0 fully saturated rings. The molecule has 0 aliphatic heterocycles. The second kappa shape index (κ2) is 6.90. The summed E-state index contributed by atoms with van der Waals surface area (Å²) in [7, 11) is 1.81. The maximum absolute atomic E-state index is 11.3. The van der Waals surface area contributed by atoms with Crippen molar-refractivity contribution in [2.45, 2.75) is 20.0 Å². The molecule has 106 valence electrons. The first-order valence-electron chi connectivity index (χ1n) is 6.32. The number of carbonyl (C=O) groups excluding carboxylic acids is 1. The quantitative estimate of drug-likeness (QED) is 0.878.